The lowest BCUT2D eigenvalue weighted by Crippen LogP contribution is -2.32. The number of benzene rings is 1. The van der Waals surface area contributed by atoms with Gasteiger partial charge in [-0.1, -0.05) is 12.1 Å². The summed E-state index contributed by atoms with van der Waals surface area (Å²) in [4.78, 5) is 12.0. The van der Waals surface area contributed by atoms with Gasteiger partial charge in [-0.05, 0) is 62.3 Å². The zero-order valence-electron chi connectivity index (χ0n) is 18.9. The van der Waals surface area contributed by atoms with Crippen molar-refractivity contribution in [1.82, 2.24) is 24.2 Å². The summed E-state index contributed by atoms with van der Waals surface area (Å²) in [6.45, 7) is 5.72. The Morgan fingerprint density at radius 3 is 2.76 bits per heavy atom. The zero-order valence-corrected chi connectivity index (χ0v) is 19.7. The van der Waals surface area contributed by atoms with Crippen molar-refractivity contribution in [3.05, 3.63) is 46.3 Å². The van der Waals surface area contributed by atoms with Crippen LogP contribution in [0.5, 0.6) is 0 Å². The number of aromatic nitrogens is 4. The molecule has 1 aliphatic rings. The normalized spacial score (nSPS) is 16.1. The van der Waals surface area contributed by atoms with Gasteiger partial charge in [-0.3, -0.25) is 0 Å². The van der Waals surface area contributed by atoms with E-state index in [1.165, 1.54) is 0 Å². The number of halogens is 2. The molecule has 1 aliphatic carbocycles. The fraction of sp³-hybridized carbons (Fsp3) is 0.500. The van der Waals surface area contributed by atoms with E-state index in [-0.39, 0.29) is 41.7 Å². The van der Waals surface area contributed by atoms with Crippen LogP contribution >= 0.6 is 0 Å². The molecule has 8 nitrogen and oxygen atoms in total. The van der Waals surface area contributed by atoms with Gasteiger partial charge in [0.05, 0.1) is 5.75 Å². The van der Waals surface area contributed by atoms with E-state index < -0.39 is 22.3 Å². The lowest BCUT2D eigenvalue weighted by atomic mass is 9.98. The van der Waals surface area contributed by atoms with Crippen LogP contribution in [0.4, 0.5) is 14.6 Å². The molecule has 4 rings (SSSR count). The highest BCUT2D eigenvalue weighted by molar-refractivity contribution is 7.89. The number of aryl methyl sites for hydroxylation is 3. The topological polar surface area (TPSA) is 116 Å². The Morgan fingerprint density at radius 1 is 1.27 bits per heavy atom. The fourth-order valence-electron chi connectivity index (χ4n) is 4.38. The third kappa shape index (κ3) is 4.98. The number of rotatable bonds is 8. The Labute approximate surface area is 191 Å². The second-order valence-electron chi connectivity index (χ2n) is 8.84. The summed E-state index contributed by atoms with van der Waals surface area (Å²) in [5.41, 5.74) is 10.00. The number of anilines is 1. The van der Waals surface area contributed by atoms with Gasteiger partial charge >= 0.3 is 6.08 Å². The van der Waals surface area contributed by atoms with Crippen LogP contribution in [0.2, 0.25) is 0 Å². The maximum absolute atomic E-state index is 14.3. The average Bonchev–Trinajstić information content (AvgIpc) is 3.22. The lowest BCUT2D eigenvalue weighted by Gasteiger charge is -2.13. The molecular formula is C22H28F2N6O2S. The van der Waals surface area contributed by atoms with Crippen molar-refractivity contribution in [2.75, 3.05) is 11.5 Å². The summed E-state index contributed by atoms with van der Waals surface area (Å²) >= 11 is 0. The number of nitrogens with two attached hydrogens (primary N) is 1. The summed E-state index contributed by atoms with van der Waals surface area (Å²) in [7, 11) is -3.45. The van der Waals surface area contributed by atoms with Gasteiger partial charge in [0.2, 0.25) is 10.0 Å². The molecule has 0 saturated heterocycles. The van der Waals surface area contributed by atoms with Crippen molar-refractivity contribution in [2.24, 2.45) is 0 Å². The first-order valence-electron chi connectivity index (χ1n) is 11.0. The highest BCUT2D eigenvalue weighted by atomic mass is 32.2. The first-order chi connectivity index (χ1) is 15.5. The predicted molar refractivity (Wildman–Crippen MR) is 123 cm³/mol. The van der Waals surface area contributed by atoms with E-state index in [1.54, 1.807) is 18.4 Å². The summed E-state index contributed by atoms with van der Waals surface area (Å²) in [6, 6.07) is 3.68. The van der Waals surface area contributed by atoms with E-state index in [4.69, 9.17) is 5.73 Å². The first-order valence-corrected chi connectivity index (χ1v) is 12.6. The summed E-state index contributed by atoms with van der Waals surface area (Å²) in [5.74, 6) is 0.359. The number of sulfonamides is 1. The Kier molecular flexibility index (Phi) is 6.37. The number of hydrogen-bond donors (Lipinski definition) is 2. The quantitative estimate of drug-likeness (QED) is 0.481. The molecule has 2 heterocycles. The third-order valence-corrected chi connectivity index (χ3v) is 7.49. The molecule has 0 fully saturated rings. The standard InChI is InChI=1S/C22H28F2N6O2S/c1-12(2)29-33(31,32)8-4-7-30-18(26-19-20(25)27-22(24)28-21(19)30)11-15-10-16-14(9-13(15)3)5-6-17(16)23/h9-10,12,17,29H,4-8,11H2,1-3H3,(H2,25,27,28). The van der Waals surface area contributed by atoms with Crippen LogP contribution in [0.25, 0.3) is 11.2 Å². The van der Waals surface area contributed by atoms with Crippen LogP contribution in [0, 0.1) is 13.0 Å². The Hall–Kier alpha value is -2.66. The smallest absolute Gasteiger partial charge is 0.312 e. The van der Waals surface area contributed by atoms with Gasteiger partial charge in [0, 0.05) is 19.0 Å². The monoisotopic (exact) mass is 478 g/mol. The third-order valence-electron chi connectivity index (χ3n) is 5.83. The van der Waals surface area contributed by atoms with Crippen molar-refractivity contribution < 1.29 is 17.2 Å². The van der Waals surface area contributed by atoms with Gasteiger partial charge in [-0.25, -0.2) is 22.5 Å². The SMILES string of the molecule is Cc1cc2c(cc1Cc1nc3c(N)nc(F)nc3n1CCCS(=O)(=O)NC(C)C)C(F)CC2. The van der Waals surface area contributed by atoms with Crippen LogP contribution in [0.3, 0.4) is 0 Å². The van der Waals surface area contributed by atoms with Crippen LogP contribution < -0.4 is 10.5 Å². The van der Waals surface area contributed by atoms with Crippen molar-refractivity contribution >= 4 is 27.0 Å². The molecule has 0 radical (unpaired) electrons. The number of nitrogens with zero attached hydrogens (tertiary/aromatic N) is 4. The Bertz CT molecular complexity index is 1310. The first kappa shape index (κ1) is 23.5. The molecule has 1 atom stereocenters. The zero-order chi connectivity index (χ0) is 23.9. The molecule has 1 aromatic carbocycles. The van der Waals surface area contributed by atoms with Crippen LogP contribution in [-0.4, -0.2) is 39.7 Å². The van der Waals surface area contributed by atoms with Crippen LogP contribution in [0.1, 0.15) is 60.9 Å². The van der Waals surface area contributed by atoms with E-state index in [0.717, 1.165) is 23.1 Å². The second kappa shape index (κ2) is 8.94. The molecule has 11 heteroatoms. The molecule has 0 aliphatic heterocycles. The van der Waals surface area contributed by atoms with Gasteiger partial charge in [0.25, 0.3) is 0 Å². The van der Waals surface area contributed by atoms with E-state index in [9.17, 15) is 17.2 Å². The molecule has 0 saturated carbocycles. The number of alkyl halides is 1. The van der Waals surface area contributed by atoms with Gasteiger partial charge in [0.1, 0.15) is 12.0 Å². The minimum atomic E-state index is -3.45. The highest BCUT2D eigenvalue weighted by Crippen LogP contribution is 2.36. The largest absolute Gasteiger partial charge is 0.382 e. The predicted octanol–water partition coefficient (Wildman–Crippen LogP) is 3.12. The van der Waals surface area contributed by atoms with E-state index >= 15 is 0 Å². The minimum absolute atomic E-state index is 0.0823. The van der Waals surface area contributed by atoms with Crippen LogP contribution in [-0.2, 0) is 29.4 Å². The molecule has 2 aromatic heterocycles. The van der Waals surface area contributed by atoms with Gasteiger partial charge in [-0.2, -0.15) is 14.4 Å². The summed E-state index contributed by atoms with van der Waals surface area (Å²) in [5, 5.41) is 0. The van der Waals surface area contributed by atoms with Crippen molar-refractivity contribution in [3.63, 3.8) is 0 Å². The molecule has 0 spiro atoms. The van der Waals surface area contributed by atoms with Crippen molar-refractivity contribution in [2.45, 2.75) is 65.2 Å². The minimum Gasteiger partial charge on any atom is -0.382 e. The molecule has 0 bridgehead atoms. The summed E-state index contributed by atoms with van der Waals surface area (Å²) < 4.78 is 56.9. The van der Waals surface area contributed by atoms with E-state index in [0.29, 0.717) is 24.2 Å². The number of imidazole rings is 1. The van der Waals surface area contributed by atoms with E-state index in [1.807, 2.05) is 19.1 Å². The van der Waals surface area contributed by atoms with Gasteiger partial charge < -0.3 is 10.3 Å². The molecule has 1 unspecified atom stereocenters. The van der Waals surface area contributed by atoms with E-state index in [2.05, 4.69) is 19.7 Å². The summed E-state index contributed by atoms with van der Waals surface area (Å²) in [6.07, 6.45) is -0.132. The maximum atomic E-state index is 14.3. The second-order valence-corrected chi connectivity index (χ2v) is 10.7. The molecule has 3 aromatic rings. The molecule has 178 valence electrons. The Morgan fingerprint density at radius 2 is 2.03 bits per heavy atom. The number of hydrogen-bond acceptors (Lipinski definition) is 6. The maximum Gasteiger partial charge on any atom is 0.312 e. The van der Waals surface area contributed by atoms with Crippen molar-refractivity contribution in [3.8, 4) is 0 Å². The molecule has 3 N–H and O–H groups in total. The average molecular weight is 479 g/mol. The fourth-order valence-corrected chi connectivity index (χ4v) is 5.72. The number of nitrogens with one attached hydrogen (secondary N) is 1. The number of nitrogen functional groups attached to an aromatic ring is 1. The lowest BCUT2D eigenvalue weighted by molar-refractivity contribution is 0.343. The molecule has 33 heavy (non-hydrogen) atoms. The highest BCUT2D eigenvalue weighted by Gasteiger charge is 2.24. The van der Waals surface area contributed by atoms with Crippen LogP contribution in [0.15, 0.2) is 12.1 Å². The van der Waals surface area contributed by atoms with Gasteiger partial charge in [-0.15, -0.1) is 0 Å². The molecule has 0 amide bonds. The van der Waals surface area contributed by atoms with Crippen molar-refractivity contribution in [1.29, 1.82) is 0 Å². The number of fused-ring (bicyclic) bond motifs is 2. The Balaban J connectivity index is 1.68. The molecular weight excluding hydrogens is 450 g/mol. The van der Waals surface area contributed by atoms with Gasteiger partial charge in [0.15, 0.2) is 17.0 Å².